The molecule has 4 rings (SSSR count). The molecule has 0 bridgehead atoms. The van der Waals surface area contributed by atoms with Crippen LogP contribution in [0.2, 0.25) is 0 Å². The standard InChI is InChI=1S/C20H24N2O5/c1-13-18(27-10-9-25-13)20(24)22-7-6-14-4-5-16(11-15(14)12-22)21-19(23)17-3-2-8-26-17/h4-5,11,17H,2-3,6-10,12H2,1H3,(H,21,23). The SMILES string of the molecule is CC1=C(C(=O)N2CCc3ccc(NC(=O)C4CCCO4)cc3C2)OCCO1. The Kier molecular flexibility index (Phi) is 5.03. The molecule has 0 aliphatic carbocycles. The van der Waals surface area contributed by atoms with Crippen LogP contribution in [0.5, 0.6) is 0 Å². The summed E-state index contributed by atoms with van der Waals surface area (Å²) in [6, 6.07) is 5.88. The van der Waals surface area contributed by atoms with Gasteiger partial charge in [0.15, 0.2) is 0 Å². The lowest BCUT2D eigenvalue weighted by molar-refractivity contribution is -0.133. The fourth-order valence-corrected chi connectivity index (χ4v) is 3.68. The minimum atomic E-state index is -0.363. The third-order valence-electron chi connectivity index (χ3n) is 5.16. The van der Waals surface area contributed by atoms with Gasteiger partial charge in [-0.3, -0.25) is 9.59 Å². The molecule has 0 aromatic heterocycles. The van der Waals surface area contributed by atoms with Crippen LogP contribution < -0.4 is 5.32 Å². The molecular formula is C20H24N2O5. The first kappa shape index (κ1) is 17.9. The summed E-state index contributed by atoms with van der Waals surface area (Å²) in [4.78, 5) is 26.8. The van der Waals surface area contributed by atoms with Gasteiger partial charge in [-0.2, -0.15) is 0 Å². The maximum Gasteiger partial charge on any atom is 0.292 e. The van der Waals surface area contributed by atoms with Crippen LogP contribution >= 0.6 is 0 Å². The second-order valence-corrected chi connectivity index (χ2v) is 7.03. The highest BCUT2D eigenvalue weighted by Crippen LogP contribution is 2.26. The quantitative estimate of drug-likeness (QED) is 0.878. The Morgan fingerprint density at radius 1 is 1.15 bits per heavy atom. The van der Waals surface area contributed by atoms with Crippen LogP contribution in [0.3, 0.4) is 0 Å². The van der Waals surface area contributed by atoms with E-state index in [1.807, 2.05) is 18.2 Å². The van der Waals surface area contributed by atoms with Crippen molar-refractivity contribution in [3.05, 3.63) is 40.8 Å². The van der Waals surface area contributed by atoms with Crippen molar-refractivity contribution in [2.75, 3.05) is 31.7 Å². The van der Waals surface area contributed by atoms with E-state index < -0.39 is 0 Å². The van der Waals surface area contributed by atoms with Crippen molar-refractivity contribution in [3.8, 4) is 0 Å². The zero-order valence-corrected chi connectivity index (χ0v) is 15.5. The predicted octanol–water partition coefficient (Wildman–Crippen LogP) is 1.97. The molecular weight excluding hydrogens is 348 g/mol. The maximum absolute atomic E-state index is 12.8. The first-order valence-electron chi connectivity index (χ1n) is 9.42. The summed E-state index contributed by atoms with van der Waals surface area (Å²) in [5, 5.41) is 2.93. The van der Waals surface area contributed by atoms with Crippen LogP contribution in [0.15, 0.2) is 29.7 Å². The monoisotopic (exact) mass is 372 g/mol. The molecule has 7 heteroatoms. The summed E-state index contributed by atoms with van der Waals surface area (Å²) in [5.74, 6) is 0.582. The van der Waals surface area contributed by atoms with E-state index in [2.05, 4.69) is 5.32 Å². The van der Waals surface area contributed by atoms with Crippen LogP contribution in [-0.4, -0.2) is 49.2 Å². The molecule has 0 radical (unpaired) electrons. The van der Waals surface area contributed by atoms with E-state index in [-0.39, 0.29) is 17.9 Å². The topological polar surface area (TPSA) is 77.1 Å². The second-order valence-electron chi connectivity index (χ2n) is 7.03. The highest BCUT2D eigenvalue weighted by atomic mass is 16.6. The number of nitrogens with one attached hydrogen (secondary N) is 1. The molecule has 1 unspecified atom stereocenters. The number of carbonyl (C=O) groups excluding carboxylic acids is 2. The highest BCUT2D eigenvalue weighted by Gasteiger charge is 2.29. The largest absolute Gasteiger partial charge is 0.491 e. The number of ether oxygens (including phenoxy) is 3. The molecule has 3 aliphatic rings. The predicted molar refractivity (Wildman–Crippen MR) is 97.8 cm³/mol. The molecule has 0 saturated carbocycles. The molecule has 1 aromatic rings. The van der Waals surface area contributed by atoms with Crippen molar-refractivity contribution in [2.45, 2.75) is 38.8 Å². The van der Waals surface area contributed by atoms with Gasteiger partial charge < -0.3 is 24.4 Å². The molecule has 1 aromatic carbocycles. The average molecular weight is 372 g/mol. The number of nitrogens with zero attached hydrogens (tertiary/aromatic N) is 1. The molecule has 27 heavy (non-hydrogen) atoms. The summed E-state index contributed by atoms with van der Waals surface area (Å²) in [6.07, 6.45) is 2.09. The van der Waals surface area contributed by atoms with Crippen LogP contribution in [0, 0.1) is 0 Å². The third-order valence-corrected chi connectivity index (χ3v) is 5.16. The number of carbonyl (C=O) groups is 2. The number of anilines is 1. The van der Waals surface area contributed by atoms with Crippen molar-refractivity contribution < 1.29 is 23.8 Å². The Balaban J connectivity index is 1.46. The van der Waals surface area contributed by atoms with Gasteiger partial charge in [-0.05, 0) is 49.4 Å². The zero-order chi connectivity index (χ0) is 18.8. The van der Waals surface area contributed by atoms with Crippen LogP contribution in [0.25, 0.3) is 0 Å². The minimum Gasteiger partial charge on any atom is -0.491 e. The van der Waals surface area contributed by atoms with E-state index in [0.29, 0.717) is 44.4 Å². The number of rotatable bonds is 3. The van der Waals surface area contributed by atoms with Gasteiger partial charge in [-0.15, -0.1) is 0 Å². The molecule has 7 nitrogen and oxygen atoms in total. The zero-order valence-electron chi connectivity index (χ0n) is 15.5. The minimum absolute atomic E-state index is 0.107. The number of hydrogen-bond acceptors (Lipinski definition) is 5. The molecule has 2 amide bonds. The van der Waals surface area contributed by atoms with E-state index in [9.17, 15) is 9.59 Å². The lowest BCUT2D eigenvalue weighted by Crippen LogP contribution is -2.38. The van der Waals surface area contributed by atoms with Gasteiger partial charge in [-0.25, -0.2) is 0 Å². The van der Waals surface area contributed by atoms with Gasteiger partial charge in [0.05, 0.1) is 0 Å². The maximum atomic E-state index is 12.8. The van der Waals surface area contributed by atoms with Crippen molar-refractivity contribution in [1.29, 1.82) is 0 Å². The fraction of sp³-hybridized carbons (Fsp3) is 0.500. The highest BCUT2D eigenvalue weighted by molar-refractivity contribution is 5.94. The van der Waals surface area contributed by atoms with Crippen molar-refractivity contribution in [1.82, 2.24) is 4.90 Å². The summed E-state index contributed by atoms with van der Waals surface area (Å²) in [7, 11) is 0. The Morgan fingerprint density at radius 3 is 2.78 bits per heavy atom. The number of amides is 2. The first-order chi connectivity index (χ1) is 13.1. The Hall–Kier alpha value is -2.54. The molecule has 1 N–H and O–H groups in total. The van der Waals surface area contributed by atoms with Gasteiger partial charge in [0.2, 0.25) is 5.76 Å². The van der Waals surface area contributed by atoms with Crippen molar-refractivity contribution in [2.24, 2.45) is 0 Å². The van der Waals surface area contributed by atoms with E-state index in [1.54, 1.807) is 11.8 Å². The first-order valence-corrected chi connectivity index (χ1v) is 9.42. The summed E-state index contributed by atoms with van der Waals surface area (Å²) >= 11 is 0. The third kappa shape index (κ3) is 3.78. The second kappa shape index (κ2) is 7.60. The lowest BCUT2D eigenvalue weighted by atomic mass is 9.98. The van der Waals surface area contributed by atoms with Crippen LogP contribution in [0.1, 0.15) is 30.9 Å². The molecule has 3 aliphatic heterocycles. The van der Waals surface area contributed by atoms with E-state index in [1.165, 1.54) is 5.56 Å². The lowest BCUT2D eigenvalue weighted by Gasteiger charge is -2.31. The number of benzene rings is 1. The van der Waals surface area contributed by atoms with Gasteiger partial charge in [0.25, 0.3) is 11.8 Å². The van der Waals surface area contributed by atoms with E-state index in [0.717, 1.165) is 30.5 Å². The van der Waals surface area contributed by atoms with Gasteiger partial charge in [-0.1, -0.05) is 6.07 Å². The van der Waals surface area contributed by atoms with Crippen molar-refractivity contribution in [3.63, 3.8) is 0 Å². The smallest absolute Gasteiger partial charge is 0.292 e. The van der Waals surface area contributed by atoms with Gasteiger partial charge in [0, 0.05) is 25.4 Å². The Morgan fingerprint density at radius 2 is 2.00 bits per heavy atom. The summed E-state index contributed by atoms with van der Waals surface area (Å²) < 4.78 is 16.4. The van der Waals surface area contributed by atoms with E-state index >= 15 is 0 Å². The summed E-state index contributed by atoms with van der Waals surface area (Å²) in [6.45, 7) is 4.37. The molecule has 144 valence electrons. The van der Waals surface area contributed by atoms with Gasteiger partial charge >= 0.3 is 0 Å². The molecule has 0 spiro atoms. The Labute approximate surface area is 158 Å². The van der Waals surface area contributed by atoms with Crippen LogP contribution in [-0.2, 0) is 36.8 Å². The number of fused-ring (bicyclic) bond motifs is 1. The average Bonchev–Trinajstić information content (AvgIpc) is 3.22. The molecule has 3 heterocycles. The molecule has 1 saturated heterocycles. The Bertz CT molecular complexity index is 783. The van der Waals surface area contributed by atoms with Crippen LogP contribution in [0.4, 0.5) is 5.69 Å². The molecule has 1 atom stereocenters. The van der Waals surface area contributed by atoms with Crippen molar-refractivity contribution >= 4 is 17.5 Å². The summed E-state index contributed by atoms with van der Waals surface area (Å²) in [5.41, 5.74) is 2.96. The number of hydrogen-bond donors (Lipinski definition) is 1. The van der Waals surface area contributed by atoms with Gasteiger partial charge in [0.1, 0.15) is 25.1 Å². The fourth-order valence-electron chi connectivity index (χ4n) is 3.68. The van der Waals surface area contributed by atoms with E-state index in [4.69, 9.17) is 14.2 Å². The number of allylic oxidation sites excluding steroid dienone is 1. The molecule has 1 fully saturated rings. The normalized spacial score (nSPS) is 22.0.